The van der Waals surface area contributed by atoms with E-state index in [-0.39, 0.29) is 29.3 Å². The molecule has 30 heavy (non-hydrogen) atoms. The summed E-state index contributed by atoms with van der Waals surface area (Å²) in [5, 5.41) is 4.43. The van der Waals surface area contributed by atoms with Crippen molar-refractivity contribution in [3.63, 3.8) is 0 Å². The van der Waals surface area contributed by atoms with Gasteiger partial charge >= 0.3 is 0 Å². The first kappa shape index (κ1) is 19.9. The van der Waals surface area contributed by atoms with E-state index >= 15 is 0 Å². The molecule has 0 saturated heterocycles. The van der Waals surface area contributed by atoms with Crippen LogP contribution in [0.1, 0.15) is 10.4 Å². The number of benzene rings is 4. The van der Waals surface area contributed by atoms with Crippen LogP contribution in [0.2, 0.25) is 0 Å². The van der Waals surface area contributed by atoms with Crippen LogP contribution in [-0.2, 0) is 6.54 Å². The highest BCUT2D eigenvalue weighted by Crippen LogP contribution is 2.26. The molecule has 0 saturated carbocycles. The zero-order chi connectivity index (χ0) is 19.6. The van der Waals surface area contributed by atoms with Gasteiger partial charge in [0.25, 0.3) is 6.33 Å². The van der Waals surface area contributed by atoms with Gasteiger partial charge in [-0.05, 0) is 32.6 Å². The van der Waals surface area contributed by atoms with Crippen molar-refractivity contribution >= 4 is 27.3 Å². The minimum atomic E-state index is 0. The van der Waals surface area contributed by atoms with Gasteiger partial charge in [0, 0.05) is 17.2 Å². The molecule has 0 spiro atoms. The van der Waals surface area contributed by atoms with E-state index in [2.05, 4.69) is 29.2 Å². The molecule has 3 nitrogen and oxygen atoms in total. The number of nitrogens with zero attached hydrogens (tertiary/aromatic N) is 2. The minimum Gasteiger partial charge on any atom is -1.00 e. The second kappa shape index (κ2) is 8.56. The van der Waals surface area contributed by atoms with Crippen molar-refractivity contribution in [2.45, 2.75) is 6.54 Å². The molecule has 0 atom stereocenters. The lowest BCUT2D eigenvalue weighted by Gasteiger charge is -2.06. The van der Waals surface area contributed by atoms with Gasteiger partial charge in [0.15, 0.2) is 12.2 Å². The molecule has 4 aromatic carbocycles. The number of Topliss-reactive ketones (excluding diaryl/α,β-unsaturated/α-hetero) is 1. The van der Waals surface area contributed by atoms with E-state index in [1.807, 2.05) is 77.5 Å². The number of hydrogen-bond acceptors (Lipinski definition) is 2. The Morgan fingerprint density at radius 1 is 0.733 bits per heavy atom. The van der Waals surface area contributed by atoms with Gasteiger partial charge in [-0.25, -0.2) is 4.57 Å². The topological polar surface area (TPSA) is 33.8 Å². The predicted molar refractivity (Wildman–Crippen MR) is 116 cm³/mol. The van der Waals surface area contributed by atoms with E-state index in [0.29, 0.717) is 0 Å². The van der Waals surface area contributed by atoms with Gasteiger partial charge < -0.3 is 17.0 Å². The van der Waals surface area contributed by atoms with E-state index in [1.54, 1.807) is 6.33 Å². The molecule has 0 fully saturated rings. The summed E-state index contributed by atoms with van der Waals surface area (Å²) in [6.07, 6.45) is 3.66. The predicted octanol–water partition coefficient (Wildman–Crippen LogP) is 2.23. The van der Waals surface area contributed by atoms with Crippen molar-refractivity contribution in [3.05, 3.63) is 109 Å². The monoisotopic (exact) mass is 454 g/mol. The quantitative estimate of drug-likeness (QED) is 0.308. The molecule has 0 N–H and O–H groups in total. The summed E-state index contributed by atoms with van der Waals surface area (Å²) in [4.78, 5) is 17.5. The molecule has 1 aromatic heterocycles. The van der Waals surface area contributed by atoms with Gasteiger partial charge in [0.05, 0.1) is 6.20 Å². The lowest BCUT2D eigenvalue weighted by Crippen LogP contribution is -3.00. The molecule has 0 unspecified atom stereocenters. The molecule has 0 aliphatic rings. The zero-order valence-electron chi connectivity index (χ0n) is 16.2. The maximum absolute atomic E-state index is 12.9. The van der Waals surface area contributed by atoms with Crippen LogP contribution < -0.4 is 21.5 Å². The van der Waals surface area contributed by atoms with E-state index < -0.39 is 0 Å². The third-order valence-corrected chi connectivity index (χ3v) is 5.25. The van der Waals surface area contributed by atoms with Crippen LogP contribution in [-0.4, -0.2) is 10.8 Å². The molecule has 5 aromatic rings. The van der Waals surface area contributed by atoms with Crippen molar-refractivity contribution < 1.29 is 26.3 Å². The summed E-state index contributed by atoms with van der Waals surface area (Å²) in [5.41, 5.74) is 2.74. The van der Waals surface area contributed by atoms with Crippen molar-refractivity contribution in [2.24, 2.45) is 0 Å². The summed E-state index contributed by atoms with van der Waals surface area (Å²) < 4.78 is 1.83. The van der Waals surface area contributed by atoms with Crippen LogP contribution >= 0.6 is 0 Å². The molecule has 0 amide bonds. The van der Waals surface area contributed by atoms with E-state index in [4.69, 9.17) is 0 Å². The molecule has 0 bridgehead atoms. The number of hydrogen-bond donors (Lipinski definition) is 0. The SMILES string of the molecule is O=C(C[n+]1ccc(-c2cccc3ccccc23)nc1)c1cccc2ccccc12.[Br-]. The average molecular weight is 455 g/mol. The van der Waals surface area contributed by atoms with Crippen LogP contribution in [0, 0.1) is 0 Å². The zero-order valence-corrected chi connectivity index (χ0v) is 17.8. The van der Waals surface area contributed by atoms with Crippen LogP contribution in [0.25, 0.3) is 32.8 Å². The third-order valence-electron chi connectivity index (χ3n) is 5.25. The number of carbonyl (C=O) groups excluding carboxylic acids is 1. The maximum atomic E-state index is 12.9. The number of fused-ring (bicyclic) bond motifs is 2. The Labute approximate surface area is 185 Å². The Bertz CT molecular complexity index is 1340. The van der Waals surface area contributed by atoms with Gasteiger partial charge in [0.2, 0.25) is 5.78 Å². The number of rotatable bonds is 4. The molecule has 4 heteroatoms. The average Bonchev–Trinajstić information content (AvgIpc) is 2.79. The number of carbonyl (C=O) groups is 1. The second-order valence-corrected chi connectivity index (χ2v) is 7.09. The number of halogens is 1. The van der Waals surface area contributed by atoms with Crippen molar-refractivity contribution in [2.75, 3.05) is 0 Å². The highest BCUT2D eigenvalue weighted by molar-refractivity contribution is 6.07. The molecular weight excluding hydrogens is 436 g/mol. The summed E-state index contributed by atoms with van der Waals surface area (Å²) in [6, 6.07) is 30.3. The highest BCUT2D eigenvalue weighted by Gasteiger charge is 2.15. The number of aromatic nitrogens is 2. The van der Waals surface area contributed by atoms with Crippen molar-refractivity contribution in [1.82, 2.24) is 4.98 Å². The summed E-state index contributed by atoms with van der Waals surface area (Å²) in [5.74, 6) is 0.0755. The highest BCUT2D eigenvalue weighted by atomic mass is 79.9. The van der Waals surface area contributed by atoms with Crippen LogP contribution in [0.3, 0.4) is 0 Å². The normalized spacial score (nSPS) is 10.7. The summed E-state index contributed by atoms with van der Waals surface area (Å²) >= 11 is 0. The van der Waals surface area contributed by atoms with Crippen LogP contribution in [0.4, 0.5) is 0 Å². The molecule has 0 aliphatic heterocycles. The lowest BCUT2D eigenvalue weighted by atomic mass is 10.0. The fourth-order valence-corrected chi connectivity index (χ4v) is 3.81. The molecule has 5 rings (SSSR count). The number of ketones is 1. The third kappa shape index (κ3) is 3.74. The van der Waals surface area contributed by atoms with E-state index in [0.717, 1.165) is 27.6 Å². The Balaban J connectivity index is 0.00000218. The van der Waals surface area contributed by atoms with Gasteiger partial charge in [-0.1, -0.05) is 78.9 Å². The second-order valence-electron chi connectivity index (χ2n) is 7.09. The summed E-state index contributed by atoms with van der Waals surface area (Å²) in [6.45, 7) is 0.261. The van der Waals surface area contributed by atoms with Crippen molar-refractivity contribution in [1.29, 1.82) is 0 Å². The molecule has 0 radical (unpaired) electrons. The first-order chi connectivity index (χ1) is 14.3. The lowest BCUT2D eigenvalue weighted by molar-refractivity contribution is -0.686. The first-order valence-corrected chi connectivity index (χ1v) is 9.64. The maximum Gasteiger partial charge on any atom is 0.287 e. The fourth-order valence-electron chi connectivity index (χ4n) is 3.81. The summed E-state index contributed by atoms with van der Waals surface area (Å²) in [7, 11) is 0. The first-order valence-electron chi connectivity index (χ1n) is 9.64. The van der Waals surface area contributed by atoms with Crippen LogP contribution in [0.15, 0.2) is 104 Å². The largest absolute Gasteiger partial charge is 1.00 e. The van der Waals surface area contributed by atoms with E-state index in [1.165, 1.54) is 10.8 Å². The molecular formula is C26H19BrN2O. The fraction of sp³-hybridized carbons (Fsp3) is 0.0385. The van der Waals surface area contributed by atoms with E-state index in [9.17, 15) is 4.79 Å². The van der Waals surface area contributed by atoms with Gasteiger partial charge in [-0.3, -0.25) is 4.79 Å². The Kier molecular flexibility index (Phi) is 5.68. The standard InChI is InChI=1S/C26H19N2O.BrH/c29-26(24-14-6-10-20-8-2-4-12-22(20)24)17-28-16-15-25(27-18-28)23-13-5-9-19-7-1-3-11-21(19)23;/h1-16,18H,17H2;1H/q+1;/p-1. The van der Waals surface area contributed by atoms with Gasteiger partial charge in [0.1, 0.15) is 0 Å². The van der Waals surface area contributed by atoms with Crippen LogP contribution in [0.5, 0.6) is 0 Å². The van der Waals surface area contributed by atoms with Gasteiger partial charge in [-0.2, -0.15) is 0 Å². The smallest absolute Gasteiger partial charge is 0.287 e. The van der Waals surface area contributed by atoms with Gasteiger partial charge in [-0.15, -0.1) is 0 Å². The molecule has 146 valence electrons. The Morgan fingerprint density at radius 2 is 1.37 bits per heavy atom. The Morgan fingerprint density at radius 3 is 2.10 bits per heavy atom. The Hall–Kier alpha value is -3.37. The molecule has 0 aliphatic carbocycles. The minimum absolute atomic E-state index is 0. The molecule has 1 heterocycles. The van der Waals surface area contributed by atoms with Crippen molar-refractivity contribution in [3.8, 4) is 11.3 Å².